The second-order valence-electron chi connectivity index (χ2n) is 4.35. The van der Waals surface area contributed by atoms with Gasteiger partial charge in [0.2, 0.25) is 16.0 Å². The summed E-state index contributed by atoms with van der Waals surface area (Å²) in [6.45, 7) is 1.61. The molecule has 1 aliphatic heterocycles. The molecule has 8 heteroatoms. The summed E-state index contributed by atoms with van der Waals surface area (Å²) in [5.41, 5.74) is 0.354. The Labute approximate surface area is 109 Å². The normalized spacial score (nSPS) is 20.6. The molecule has 0 aromatic carbocycles. The van der Waals surface area contributed by atoms with Crippen LogP contribution in [0.4, 0.5) is 4.39 Å². The molecule has 1 fully saturated rings. The first-order chi connectivity index (χ1) is 8.84. The Morgan fingerprint density at radius 1 is 1.53 bits per heavy atom. The number of hydrogen-bond acceptors (Lipinski definition) is 4. The standard InChI is InChI=1S/C11H13FN2O4S/c1-7-4-5-9(10(12)13-7)19(17,18)14-6-2-3-8(14)11(15)16/h4-5,8H,2-3,6H2,1H3,(H,15,16)/t8-/m0/s1. The van der Waals surface area contributed by atoms with Gasteiger partial charge in [0.1, 0.15) is 10.9 Å². The minimum absolute atomic E-state index is 0.0760. The number of sulfonamides is 1. The molecular formula is C11H13FN2O4S. The highest BCUT2D eigenvalue weighted by molar-refractivity contribution is 7.89. The smallest absolute Gasteiger partial charge is 0.322 e. The van der Waals surface area contributed by atoms with Gasteiger partial charge in [-0.1, -0.05) is 0 Å². The number of aromatic nitrogens is 1. The zero-order valence-electron chi connectivity index (χ0n) is 10.2. The van der Waals surface area contributed by atoms with Crippen LogP contribution in [0.3, 0.4) is 0 Å². The highest BCUT2D eigenvalue weighted by atomic mass is 32.2. The van der Waals surface area contributed by atoms with Crippen LogP contribution in [0.1, 0.15) is 18.5 Å². The predicted octanol–water partition coefficient (Wildman–Crippen LogP) is 0.767. The van der Waals surface area contributed by atoms with Gasteiger partial charge in [-0.15, -0.1) is 0 Å². The number of carboxylic acids is 1. The molecule has 1 aromatic rings. The largest absolute Gasteiger partial charge is 0.480 e. The van der Waals surface area contributed by atoms with Gasteiger partial charge < -0.3 is 5.11 Å². The highest BCUT2D eigenvalue weighted by Gasteiger charge is 2.40. The Morgan fingerprint density at radius 2 is 2.21 bits per heavy atom. The molecule has 1 aromatic heterocycles. The summed E-state index contributed by atoms with van der Waals surface area (Å²) in [6, 6.07) is 1.36. The van der Waals surface area contributed by atoms with Crippen molar-refractivity contribution in [3.05, 3.63) is 23.8 Å². The van der Waals surface area contributed by atoms with E-state index in [2.05, 4.69) is 4.98 Å². The monoisotopic (exact) mass is 288 g/mol. The molecule has 0 unspecified atom stereocenters. The van der Waals surface area contributed by atoms with Crippen molar-refractivity contribution >= 4 is 16.0 Å². The summed E-state index contributed by atoms with van der Waals surface area (Å²) >= 11 is 0. The number of rotatable bonds is 3. The molecule has 2 heterocycles. The van der Waals surface area contributed by atoms with Gasteiger partial charge in [0.25, 0.3) is 0 Å². The van der Waals surface area contributed by atoms with E-state index < -0.39 is 32.9 Å². The zero-order valence-corrected chi connectivity index (χ0v) is 11.0. The zero-order chi connectivity index (χ0) is 14.2. The second kappa shape index (κ2) is 4.86. The Hall–Kier alpha value is -1.54. The van der Waals surface area contributed by atoms with Gasteiger partial charge >= 0.3 is 5.97 Å². The summed E-state index contributed by atoms with van der Waals surface area (Å²) in [6.07, 6.45) is 0.673. The van der Waals surface area contributed by atoms with Crippen molar-refractivity contribution in [2.45, 2.75) is 30.7 Å². The summed E-state index contributed by atoms with van der Waals surface area (Å²) in [4.78, 5) is 13.9. The van der Waals surface area contributed by atoms with E-state index in [9.17, 15) is 17.6 Å². The Balaban J connectivity index is 2.45. The van der Waals surface area contributed by atoms with E-state index in [1.54, 1.807) is 0 Å². The fourth-order valence-corrected chi connectivity index (χ4v) is 3.76. The number of aryl methyl sites for hydroxylation is 1. The SMILES string of the molecule is Cc1ccc(S(=O)(=O)N2CCC[C@H]2C(=O)O)c(F)n1. The maximum atomic E-state index is 13.7. The van der Waals surface area contributed by atoms with Crippen molar-refractivity contribution in [2.75, 3.05) is 6.54 Å². The number of carboxylic acid groups (broad SMARTS) is 1. The van der Waals surface area contributed by atoms with Crippen molar-refractivity contribution in [3.63, 3.8) is 0 Å². The van der Waals surface area contributed by atoms with Crippen molar-refractivity contribution in [1.82, 2.24) is 9.29 Å². The van der Waals surface area contributed by atoms with Crippen molar-refractivity contribution in [1.29, 1.82) is 0 Å². The Bertz CT molecular complexity index is 617. The minimum atomic E-state index is -4.17. The molecule has 0 aliphatic carbocycles. The van der Waals surface area contributed by atoms with Gasteiger partial charge in [-0.2, -0.15) is 8.70 Å². The van der Waals surface area contributed by atoms with Crippen molar-refractivity contribution in [2.24, 2.45) is 0 Å². The quantitative estimate of drug-likeness (QED) is 0.830. The molecule has 6 nitrogen and oxygen atoms in total. The van der Waals surface area contributed by atoms with E-state index in [1.165, 1.54) is 13.0 Å². The maximum absolute atomic E-state index is 13.7. The van der Waals surface area contributed by atoms with Crippen LogP contribution in [-0.4, -0.2) is 41.4 Å². The van der Waals surface area contributed by atoms with Crippen LogP contribution >= 0.6 is 0 Å². The Morgan fingerprint density at radius 3 is 2.79 bits per heavy atom. The molecule has 1 atom stereocenters. The Kier molecular flexibility index (Phi) is 3.55. The van der Waals surface area contributed by atoms with Crippen LogP contribution in [0, 0.1) is 12.9 Å². The summed E-state index contributed by atoms with van der Waals surface area (Å²) in [5.74, 6) is -2.32. The number of nitrogens with zero attached hydrogens (tertiary/aromatic N) is 2. The lowest BCUT2D eigenvalue weighted by molar-refractivity contribution is -0.140. The van der Waals surface area contributed by atoms with Crippen LogP contribution in [-0.2, 0) is 14.8 Å². The van der Waals surface area contributed by atoms with Crippen molar-refractivity contribution in [3.8, 4) is 0 Å². The van der Waals surface area contributed by atoms with Crippen molar-refractivity contribution < 1.29 is 22.7 Å². The molecule has 0 saturated carbocycles. The van der Waals surface area contributed by atoms with Gasteiger partial charge in [-0.3, -0.25) is 4.79 Å². The fraction of sp³-hybridized carbons (Fsp3) is 0.455. The number of hydrogen-bond donors (Lipinski definition) is 1. The molecule has 0 bridgehead atoms. The first kappa shape index (κ1) is 13.9. The van der Waals surface area contributed by atoms with Crippen LogP contribution in [0.5, 0.6) is 0 Å². The van der Waals surface area contributed by atoms with E-state index >= 15 is 0 Å². The molecule has 2 rings (SSSR count). The van der Waals surface area contributed by atoms with Crippen LogP contribution in [0.15, 0.2) is 17.0 Å². The molecule has 1 aliphatic rings. The van der Waals surface area contributed by atoms with E-state index in [0.717, 1.165) is 10.4 Å². The number of carbonyl (C=O) groups is 1. The topological polar surface area (TPSA) is 87.6 Å². The molecule has 1 saturated heterocycles. The third-order valence-corrected chi connectivity index (χ3v) is 4.94. The van der Waals surface area contributed by atoms with Gasteiger partial charge in [0.05, 0.1) is 0 Å². The lowest BCUT2D eigenvalue weighted by Crippen LogP contribution is -2.40. The summed E-state index contributed by atoms with van der Waals surface area (Å²) < 4.78 is 39.0. The van der Waals surface area contributed by atoms with Crippen LogP contribution < -0.4 is 0 Å². The first-order valence-corrected chi connectivity index (χ1v) is 7.16. The maximum Gasteiger partial charge on any atom is 0.322 e. The second-order valence-corrected chi connectivity index (χ2v) is 6.21. The number of halogens is 1. The molecule has 0 spiro atoms. The predicted molar refractivity (Wildman–Crippen MR) is 63.5 cm³/mol. The summed E-state index contributed by atoms with van der Waals surface area (Å²) in [7, 11) is -4.17. The third kappa shape index (κ3) is 2.45. The van der Waals surface area contributed by atoms with Gasteiger partial charge in [0.15, 0.2) is 0 Å². The van der Waals surface area contributed by atoms with E-state index in [1.807, 2.05) is 0 Å². The number of aliphatic carboxylic acids is 1. The summed E-state index contributed by atoms with van der Waals surface area (Å²) in [5, 5.41) is 8.99. The average molecular weight is 288 g/mol. The average Bonchev–Trinajstić information content (AvgIpc) is 2.77. The molecule has 19 heavy (non-hydrogen) atoms. The lowest BCUT2D eigenvalue weighted by Gasteiger charge is -2.20. The molecule has 104 valence electrons. The van der Waals surface area contributed by atoms with Gasteiger partial charge in [-0.05, 0) is 31.9 Å². The van der Waals surface area contributed by atoms with Gasteiger partial charge in [0, 0.05) is 12.2 Å². The van der Waals surface area contributed by atoms with E-state index in [4.69, 9.17) is 5.11 Å². The van der Waals surface area contributed by atoms with Gasteiger partial charge in [-0.25, -0.2) is 13.4 Å². The molecule has 1 N–H and O–H groups in total. The fourth-order valence-electron chi connectivity index (χ4n) is 2.11. The molecule has 0 radical (unpaired) electrons. The van der Waals surface area contributed by atoms with E-state index in [-0.39, 0.29) is 13.0 Å². The lowest BCUT2D eigenvalue weighted by atomic mass is 10.2. The first-order valence-electron chi connectivity index (χ1n) is 5.72. The van der Waals surface area contributed by atoms with Crippen LogP contribution in [0.25, 0.3) is 0 Å². The highest BCUT2D eigenvalue weighted by Crippen LogP contribution is 2.27. The van der Waals surface area contributed by atoms with E-state index in [0.29, 0.717) is 12.1 Å². The minimum Gasteiger partial charge on any atom is -0.480 e. The molecular weight excluding hydrogens is 275 g/mol. The number of pyridine rings is 1. The molecule has 0 amide bonds. The van der Waals surface area contributed by atoms with Crippen LogP contribution in [0.2, 0.25) is 0 Å². The third-order valence-electron chi connectivity index (χ3n) is 3.03.